The molecule has 0 fully saturated rings. The van der Waals surface area contributed by atoms with Crippen LogP contribution < -0.4 is 10.5 Å². The van der Waals surface area contributed by atoms with Crippen molar-refractivity contribution in [1.29, 1.82) is 5.26 Å². The SMILES string of the molecule is N#Cc1cc(-c2n[nH]c(=O)o2)cc(Cl)c1OCCCl. The maximum Gasteiger partial charge on any atom is 0.434 e. The lowest BCUT2D eigenvalue weighted by atomic mass is 10.1. The molecule has 6 nitrogen and oxygen atoms in total. The molecule has 0 atom stereocenters. The second-order valence-corrected chi connectivity index (χ2v) is 4.19. The Morgan fingerprint density at radius 3 is 2.89 bits per heavy atom. The van der Waals surface area contributed by atoms with Gasteiger partial charge in [0.15, 0.2) is 5.75 Å². The molecule has 1 aromatic heterocycles. The van der Waals surface area contributed by atoms with Crippen molar-refractivity contribution in [3.05, 3.63) is 33.3 Å². The molecule has 2 rings (SSSR count). The van der Waals surface area contributed by atoms with Gasteiger partial charge >= 0.3 is 5.76 Å². The summed E-state index contributed by atoms with van der Waals surface area (Å²) in [5.41, 5.74) is 0.608. The smallest absolute Gasteiger partial charge is 0.434 e. The molecule has 0 amide bonds. The quantitative estimate of drug-likeness (QED) is 0.874. The molecule has 0 radical (unpaired) electrons. The maximum absolute atomic E-state index is 10.9. The Bertz CT molecular complexity index is 687. The number of alkyl halides is 1. The van der Waals surface area contributed by atoms with Crippen LogP contribution >= 0.6 is 23.2 Å². The number of H-pyrrole nitrogens is 1. The highest BCUT2D eigenvalue weighted by Gasteiger charge is 2.14. The predicted molar refractivity (Wildman–Crippen MR) is 68.5 cm³/mol. The first-order chi connectivity index (χ1) is 9.15. The minimum absolute atomic E-state index is 0.0484. The lowest BCUT2D eigenvalue weighted by molar-refractivity contribution is 0.342. The van der Waals surface area contributed by atoms with E-state index in [9.17, 15) is 4.79 Å². The molecular formula is C11H7Cl2N3O3. The van der Waals surface area contributed by atoms with Gasteiger partial charge in [0.05, 0.1) is 16.5 Å². The molecule has 1 heterocycles. The molecule has 0 aliphatic rings. The zero-order chi connectivity index (χ0) is 13.8. The van der Waals surface area contributed by atoms with Crippen molar-refractivity contribution in [1.82, 2.24) is 10.2 Å². The van der Waals surface area contributed by atoms with E-state index >= 15 is 0 Å². The number of nitriles is 1. The highest BCUT2D eigenvalue weighted by atomic mass is 35.5. The summed E-state index contributed by atoms with van der Waals surface area (Å²) in [7, 11) is 0. The number of hydrogen-bond donors (Lipinski definition) is 1. The number of ether oxygens (including phenoxy) is 1. The van der Waals surface area contributed by atoms with E-state index in [2.05, 4.69) is 10.2 Å². The van der Waals surface area contributed by atoms with Crippen LogP contribution in [0.25, 0.3) is 11.5 Å². The van der Waals surface area contributed by atoms with E-state index in [-0.39, 0.29) is 34.7 Å². The van der Waals surface area contributed by atoms with Crippen LogP contribution in [0, 0.1) is 11.3 Å². The molecule has 1 N–H and O–H groups in total. The van der Waals surface area contributed by atoms with Crippen LogP contribution in [0.4, 0.5) is 0 Å². The summed E-state index contributed by atoms with van der Waals surface area (Å²) in [5, 5.41) is 15.1. The van der Waals surface area contributed by atoms with Crippen LogP contribution in [0.3, 0.4) is 0 Å². The summed E-state index contributed by atoms with van der Waals surface area (Å²) in [4.78, 5) is 10.9. The summed E-state index contributed by atoms with van der Waals surface area (Å²) in [6, 6.07) is 4.91. The Morgan fingerprint density at radius 1 is 1.53 bits per heavy atom. The Kier molecular flexibility index (Phi) is 4.10. The normalized spacial score (nSPS) is 10.2. The third kappa shape index (κ3) is 2.89. The molecule has 0 bridgehead atoms. The first kappa shape index (κ1) is 13.5. The Morgan fingerprint density at radius 2 is 2.32 bits per heavy atom. The zero-order valence-corrected chi connectivity index (χ0v) is 11.0. The van der Waals surface area contributed by atoms with E-state index in [4.69, 9.17) is 37.6 Å². The lowest BCUT2D eigenvalue weighted by Crippen LogP contribution is -2.01. The number of aromatic nitrogens is 2. The van der Waals surface area contributed by atoms with Crippen LogP contribution in [0.15, 0.2) is 21.3 Å². The largest absolute Gasteiger partial charge is 0.489 e. The third-order valence-corrected chi connectivity index (χ3v) is 2.61. The van der Waals surface area contributed by atoms with Gasteiger partial charge in [-0.25, -0.2) is 9.89 Å². The first-order valence-electron chi connectivity index (χ1n) is 5.14. The molecule has 0 aliphatic heterocycles. The summed E-state index contributed by atoms with van der Waals surface area (Å²) >= 11 is 11.5. The van der Waals surface area contributed by atoms with Crippen LogP contribution in [0.5, 0.6) is 5.75 Å². The standard InChI is InChI=1S/C11H7Cl2N3O3/c12-1-2-18-9-7(5-14)3-6(4-8(9)13)10-15-16-11(17)19-10/h3-4H,1-2H2,(H,16,17). The van der Waals surface area contributed by atoms with Crippen molar-refractivity contribution in [2.75, 3.05) is 12.5 Å². The first-order valence-corrected chi connectivity index (χ1v) is 6.05. The molecule has 0 saturated carbocycles. The molecule has 0 saturated heterocycles. The van der Waals surface area contributed by atoms with Crippen molar-refractivity contribution < 1.29 is 9.15 Å². The molecular weight excluding hydrogens is 293 g/mol. The zero-order valence-electron chi connectivity index (χ0n) is 9.44. The molecule has 8 heteroatoms. The van der Waals surface area contributed by atoms with E-state index in [1.54, 1.807) is 0 Å². The fraction of sp³-hybridized carbons (Fsp3) is 0.182. The average Bonchev–Trinajstić information content (AvgIpc) is 2.83. The Labute approximate surface area is 117 Å². The van der Waals surface area contributed by atoms with Crippen molar-refractivity contribution in [2.24, 2.45) is 0 Å². The van der Waals surface area contributed by atoms with Gasteiger partial charge in [0.25, 0.3) is 0 Å². The van der Waals surface area contributed by atoms with Crippen molar-refractivity contribution in [3.8, 4) is 23.3 Å². The number of rotatable bonds is 4. The Hall–Kier alpha value is -1.97. The van der Waals surface area contributed by atoms with E-state index in [0.717, 1.165) is 0 Å². The highest BCUT2D eigenvalue weighted by Crippen LogP contribution is 2.33. The summed E-state index contributed by atoms with van der Waals surface area (Å²) in [5.74, 6) is -0.122. The molecule has 98 valence electrons. The fourth-order valence-electron chi connectivity index (χ4n) is 1.44. The molecule has 19 heavy (non-hydrogen) atoms. The number of nitrogens with zero attached hydrogens (tertiary/aromatic N) is 2. The minimum Gasteiger partial charge on any atom is -0.489 e. The van der Waals surface area contributed by atoms with Crippen molar-refractivity contribution >= 4 is 23.2 Å². The second kappa shape index (κ2) is 5.78. The monoisotopic (exact) mass is 299 g/mol. The fourth-order valence-corrected chi connectivity index (χ4v) is 1.79. The van der Waals surface area contributed by atoms with Gasteiger partial charge in [-0.2, -0.15) is 5.26 Å². The topological polar surface area (TPSA) is 91.9 Å². The van der Waals surface area contributed by atoms with Crippen molar-refractivity contribution in [3.63, 3.8) is 0 Å². The van der Waals surface area contributed by atoms with E-state index < -0.39 is 5.76 Å². The number of hydrogen-bond acceptors (Lipinski definition) is 5. The molecule has 0 spiro atoms. The highest BCUT2D eigenvalue weighted by molar-refractivity contribution is 6.32. The van der Waals surface area contributed by atoms with E-state index in [0.29, 0.717) is 5.56 Å². The predicted octanol–water partition coefficient (Wildman–Crippen LogP) is 2.17. The Balaban J connectivity index is 2.47. The molecule has 1 aromatic carbocycles. The van der Waals surface area contributed by atoms with Gasteiger partial charge < -0.3 is 9.15 Å². The average molecular weight is 300 g/mol. The van der Waals surface area contributed by atoms with Gasteiger partial charge in [0.1, 0.15) is 12.7 Å². The minimum atomic E-state index is -0.688. The second-order valence-electron chi connectivity index (χ2n) is 3.40. The number of nitrogens with one attached hydrogen (secondary N) is 1. The third-order valence-electron chi connectivity index (χ3n) is 2.17. The van der Waals surface area contributed by atoms with Crippen LogP contribution in [-0.4, -0.2) is 22.7 Å². The van der Waals surface area contributed by atoms with Gasteiger partial charge in [0.2, 0.25) is 5.89 Å². The van der Waals surface area contributed by atoms with E-state index in [1.807, 2.05) is 6.07 Å². The maximum atomic E-state index is 10.9. The summed E-state index contributed by atoms with van der Waals surface area (Å²) in [6.45, 7) is 0.229. The van der Waals surface area contributed by atoms with Crippen LogP contribution in [-0.2, 0) is 0 Å². The summed E-state index contributed by atoms with van der Waals surface area (Å²) < 4.78 is 10.1. The van der Waals surface area contributed by atoms with Gasteiger partial charge in [-0.1, -0.05) is 11.6 Å². The van der Waals surface area contributed by atoms with E-state index in [1.165, 1.54) is 12.1 Å². The van der Waals surface area contributed by atoms with Gasteiger partial charge in [-0.3, -0.25) is 0 Å². The molecule has 2 aromatic rings. The number of halogens is 2. The molecule has 0 unspecified atom stereocenters. The van der Waals surface area contributed by atoms with Gasteiger partial charge in [-0.05, 0) is 12.1 Å². The lowest BCUT2D eigenvalue weighted by Gasteiger charge is -2.09. The number of benzene rings is 1. The van der Waals surface area contributed by atoms with Crippen LogP contribution in [0.2, 0.25) is 5.02 Å². The number of aromatic amines is 1. The van der Waals surface area contributed by atoms with Gasteiger partial charge in [0, 0.05) is 5.56 Å². The van der Waals surface area contributed by atoms with Crippen LogP contribution in [0.1, 0.15) is 5.56 Å². The molecule has 0 aliphatic carbocycles. The van der Waals surface area contributed by atoms with Crippen molar-refractivity contribution in [2.45, 2.75) is 0 Å². The summed E-state index contributed by atoms with van der Waals surface area (Å²) in [6.07, 6.45) is 0. The van der Waals surface area contributed by atoms with Gasteiger partial charge in [-0.15, -0.1) is 16.7 Å².